The molecule has 0 aliphatic heterocycles. The molecule has 4 heteroatoms. The zero-order chi connectivity index (χ0) is 6.08. The van der Waals surface area contributed by atoms with E-state index in [1.807, 2.05) is 0 Å². The van der Waals surface area contributed by atoms with E-state index < -0.39 is 0 Å². The number of hydrogen-bond donors (Lipinski definition) is 0. The van der Waals surface area contributed by atoms with Crippen molar-refractivity contribution in [2.45, 2.75) is 26.3 Å². The van der Waals surface area contributed by atoms with E-state index in [0.717, 1.165) is 10.4 Å². The zero-order valence-electron chi connectivity index (χ0n) is 5.83. The van der Waals surface area contributed by atoms with Gasteiger partial charge in [-0.15, -0.1) is 0 Å². The number of nitrogens with zero attached hydrogens (tertiary/aromatic N) is 1. The van der Waals surface area contributed by atoms with Gasteiger partial charge in [-0.3, -0.25) is 0 Å². The van der Waals surface area contributed by atoms with Crippen molar-refractivity contribution in [3.05, 3.63) is 0 Å². The molecule has 0 saturated carbocycles. The molecule has 0 spiro atoms. The van der Waals surface area contributed by atoms with Crippen LogP contribution in [0.4, 0.5) is 0 Å². The summed E-state index contributed by atoms with van der Waals surface area (Å²) in [6, 6.07) is 0. The molecule has 0 aliphatic carbocycles. The molecule has 8 heavy (non-hydrogen) atoms. The Kier molecular flexibility index (Phi) is 6.06. The molecule has 0 unspecified atom stereocenters. The third-order valence-electron chi connectivity index (χ3n) is 0.924. The standard InChI is InChI=1S/C4H12ClNSi.Ti/c1-4(2,3)6(5)7;/h1-3,7H3;. The molecule has 0 N–H and O–H groups in total. The van der Waals surface area contributed by atoms with Crippen molar-refractivity contribution in [3.63, 3.8) is 0 Å². The van der Waals surface area contributed by atoms with E-state index in [2.05, 4.69) is 20.8 Å². The Bertz CT molecular complexity index is 61.5. The molecule has 0 saturated heterocycles. The number of hydrogen-bond acceptors (Lipinski definition) is 1. The fourth-order valence-electron chi connectivity index (χ4n) is 0. The Labute approximate surface area is 74.3 Å². The Hall–Kier alpha value is 1.18. The van der Waals surface area contributed by atoms with Gasteiger partial charge in [0.25, 0.3) is 0 Å². The minimum absolute atomic E-state index is 0. The van der Waals surface area contributed by atoms with Gasteiger partial charge < -0.3 is 0 Å². The van der Waals surface area contributed by atoms with Crippen LogP contribution < -0.4 is 0 Å². The Morgan fingerprint density at radius 1 is 1.38 bits per heavy atom. The molecule has 0 atom stereocenters. The monoisotopic (exact) mass is 185 g/mol. The third kappa shape index (κ3) is 5.32. The average Bonchev–Trinajstić information content (AvgIpc) is 1.31. The minimum atomic E-state index is 0. The molecule has 0 aromatic heterocycles. The Morgan fingerprint density at radius 3 is 1.50 bits per heavy atom. The van der Waals surface area contributed by atoms with Crippen LogP contribution in [0.3, 0.4) is 0 Å². The Morgan fingerprint density at radius 2 is 1.50 bits per heavy atom. The van der Waals surface area contributed by atoms with Gasteiger partial charge in [-0.1, -0.05) is 0 Å². The average molecular weight is 186 g/mol. The normalized spacial score (nSPS) is 11.6. The first-order valence-corrected chi connectivity index (χ1v) is 3.57. The maximum Gasteiger partial charge on any atom is 0.100 e. The van der Waals surface area contributed by atoms with E-state index >= 15 is 0 Å². The molecule has 0 bridgehead atoms. The predicted octanol–water partition coefficient (Wildman–Crippen LogP) is 0.519. The fraction of sp³-hybridized carbons (Fsp3) is 1.00. The molecule has 0 amide bonds. The molecule has 0 radical (unpaired) electrons. The van der Waals surface area contributed by atoms with Gasteiger partial charge in [-0.05, 0) is 32.5 Å². The minimum Gasteiger partial charge on any atom is -0.248 e. The summed E-state index contributed by atoms with van der Waals surface area (Å²) >= 11 is 5.65. The van der Waals surface area contributed by atoms with Crippen molar-refractivity contribution in [1.82, 2.24) is 4.08 Å². The van der Waals surface area contributed by atoms with E-state index in [1.54, 1.807) is 4.08 Å². The van der Waals surface area contributed by atoms with Crippen LogP contribution in [0, 0.1) is 0 Å². The molecular formula is C4H12ClNSiTi. The van der Waals surface area contributed by atoms with Crippen LogP contribution in [-0.4, -0.2) is 20.0 Å². The first-order valence-electron chi connectivity index (χ1n) is 2.34. The Balaban J connectivity index is 0. The van der Waals surface area contributed by atoms with Crippen LogP contribution in [0.2, 0.25) is 0 Å². The van der Waals surface area contributed by atoms with Crippen molar-refractivity contribution in [1.29, 1.82) is 0 Å². The van der Waals surface area contributed by atoms with Gasteiger partial charge >= 0.3 is 0 Å². The second-order valence-corrected chi connectivity index (χ2v) is 4.62. The van der Waals surface area contributed by atoms with E-state index in [-0.39, 0.29) is 27.3 Å². The van der Waals surface area contributed by atoms with Crippen LogP contribution in [0.1, 0.15) is 20.8 Å². The summed E-state index contributed by atoms with van der Waals surface area (Å²) in [6.07, 6.45) is 0. The summed E-state index contributed by atoms with van der Waals surface area (Å²) < 4.78 is 1.80. The van der Waals surface area contributed by atoms with Crippen molar-refractivity contribution in [3.8, 4) is 0 Å². The quantitative estimate of drug-likeness (QED) is 0.393. The van der Waals surface area contributed by atoms with Crippen molar-refractivity contribution in [2.75, 3.05) is 0 Å². The SMILES string of the molecule is CC(C)(C)N([SiH3])Cl.[Ti]. The van der Waals surface area contributed by atoms with Crippen molar-refractivity contribution < 1.29 is 21.7 Å². The zero-order valence-corrected chi connectivity index (χ0v) is 10.1. The fourth-order valence-corrected chi connectivity index (χ4v) is 0. The number of rotatable bonds is 0. The summed E-state index contributed by atoms with van der Waals surface area (Å²) in [4.78, 5) is 0. The summed E-state index contributed by atoms with van der Waals surface area (Å²) in [6.45, 7) is 6.27. The largest absolute Gasteiger partial charge is 0.248 e. The molecule has 0 heterocycles. The van der Waals surface area contributed by atoms with E-state index in [9.17, 15) is 0 Å². The maximum atomic E-state index is 5.65. The molecule has 0 rings (SSSR count). The van der Waals surface area contributed by atoms with Crippen LogP contribution >= 0.6 is 11.8 Å². The summed E-state index contributed by atoms with van der Waals surface area (Å²) in [5.74, 6) is 0. The first-order chi connectivity index (χ1) is 2.94. The van der Waals surface area contributed by atoms with Gasteiger partial charge in [0, 0.05) is 27.3 Å². The summed E-state index contributed by atoms with van der Waals surface area (Å²) in [5.41, 5.74) is 0.160. The van der Waals surface area contributed by atoms with Gasteiger partial charge in [0.1, 0.15) is 10.4 Å². The summed E-state index contributed by atoms with van der Waals surface area (Å²) in [5, 5.41) is 0. The second kappa shape index (κ2) is 4.07. The smallest absolute Gasteiger partial charge is 0.100 e. The molecule has 0 aromatic rings. The first kappa shape index (κ1) is 11.9. The van der Waals surface area contributed by atoms with Crippen LogP contribution in [0.15, 0.2) is 0 Å². The number of halogens is 1. The third-order valence-corrected chi connectivity index (χ3v) is 2.77. The summed E-state index contributed by atoms with van der Waals surface area (Å²) in [7, 11) is 0.927. The van der Waals surface area contributed by atoms with Crippen LogP contribution in [0.5, 0.6) is 0 Å². The topological polar surface area (TPSA) is 3.24 Å². The van der Waals surface area contributed by atoms with E-state index in [1.165, 1.54) is 0 Å². The maximum absolute atomic E-state index is 5.65. The molecule has 0 aliphatic rings. The van der Waals surface area contributed by atoms with Gasteiger partial charge in [0.05, 0.1) is 0 Å². The molecule has 0 fully saturated rings. The van der Waals surface area contributed by atoms with Crippen LogP contribution in [0.25, 0.3) is 0 Å². The van der Waals surface area contributed by atoms with Gasteiger partial charge in [-0.25, -0.2) is 4.08 Å². The molecule has 1 nitrogen and oxygen atoms in total. The predicted molar refractivity (Wildman–Crippen MR) is 37.4 cm³/mol. The van der Waals surface area contributed by atoms with Gasteiger partial charge in [0.2, 0.25) is 0 Å². The molecule has 0 aromatic carbocycles. The molecular weight excluding hydrogens is 173 g/mol. The van der Waals surface area contributed by atoms with Gasteiger partial charge in [0.15, 0.2) is 0 Å². The van der Waals surface area contributed by atoms with E-state index in [0.29, 0.717) is 0 Å². The van der Waals surface area contributed by atoms with Crippen molar-refractivity contribution >= 4 is 22.2 Å². The second-order valence-electron chi connectivity index (χ2n) is 2.65. The molecule has 48 valence electrons. The van der Waals surface area contributed by atoms with E-state index in [4.69, 9.17) is 11.8 Å². The van der Waals surface area contributed by atoms with Crippen molar-refractivity contribution in [2.24, 2.45) is 0 Å². The van der Waals surface area contributed by atoms with Crippen LogP contribution in [-0.2, 0) is 21.7 Å². The van der Waals surface area contributed by atoms with Gasteiger partial charge in [-0.2, -0.15) is 0 Å².